The third-order valence-electron chi connectivity index (χ3n) is 5.47. The van der Waals surface area contributed by atoms with Gasteiger partial charge in [-0.25, -0.2) is 9.79 Å². The molecule has 1 spiro atoms. The molecule has 1 fully saturated rings. The summed E-state index contributed by atoms with van der Waals surface area (Å²) >= 11 is 7.77. The molecular formula is C23H25ClN4OS. The van der Waals surface area contributed by atoms with E-state index in [2.05, 4.69) is 12.2 Å². The van der Waals surface area contributed by atoms with Crippen LogP contribution in [0.15, 0.2) is 58.5 Å². The summed E-state index contributed by atoms with van der Waals surface area (Å²) in [6.45, 7) is 5.37. The van der Waals surface area contributed by atoms with Crippen molar-refractivity contribution in [2.75, 3.05) is 24.2 Å². The molecule has 2 amide bonds. The zero-order valence-electron chi connectivity index (χ0n) is 17.2. The Bertz CT molecular complexity index is 995. The highest BCUT2D eigenvalue weighted by Gasteiger charge is 2.40. The highest BCUT2D eigenvalue weighted by atomic mass is 35.5. The van der Waals surface area contributed by atoms with E-state index in [0.717, 1.165) is 46.2 Å². The van der Waals surface area contributed by atoms with Gasteiger partial charge in [0.25, 0.3) is 0 Å². The van der Waals surface area contributed by atoms with E-state index in [1.54, 1.807) is 11.8 Å². The van der Waals surface area contributed by atoms with Crippen LogP contribution in [0, 0.1) is 6.92 Å². The standard InChI is InChI=1S/C23H25ClN4OS/c1-3-30-21-20(17-8-10-18(24)11-9-17)26-23(27-21)12-14-28(15-13-23)22(29)25-19-7-5-4-6-16(19)2/h4-11H,3,12-15H2,1-2H3,(H,25,29). The predicted molar refractivity (Wildman–Crippen MR) is 127 cm³/mol. The first-order valence-corrected chi connectivity index (χ1v) is 11.6. The van der Waals surface area contributed by atoms with Crippen LogP contribution < -0.4 is 5.32 Å². The second-order valence-electron chi connectivity index (χ2n) is 7.53. The number of aryl methyl sites for hydroxylation is 1. The maximum absolute atomic E-state index is 12.7. The lowest BCUT2D eigenvalue weighted by Gasteiger charge is -2.35. The molecule has 2 heterocycles. The average Bonchev–Trinajstić information content (AvgIpc) is 3.09. The number of hydrogen-bond donors (Lipinski definition) is 1. The summed E-state index contributed by atoms with van der Waals surface area (Å²) in [6.07, 6.45) is 1.44. The summed E-state index contributed by atoms with van der Waals surface area (Å²) in [7, 11) is 0. The fraction of sp³-hybridized carbons (Fsp3) is 0.348. The van der Waals surface area contributed by atoms with E-state index in [1.165, 1.54) is 0 Å². The SMILES string of the molecule is CCSC1=NC2(CCN(C(=O)Nc3ccccc3C)CC2)N=C1c1ccc(Cl)cc1. The van der Waals surface area contributed by atoms with E-state index in [4.69, 9.17) is 21.6 Å². The molecule has 1 N–H and O–H groups in total. The first-order chi connectivity index (χ1) is 14.5. The largest absolute Gasteiger partial charge is 0.324 e. The number of para-hydroxylation sites is 1. The van der Waals surface area contributed by atoms with E-state index in [0.29, 0.717) is 18.1 Å². The Morgan fingerprint density at radius 3 is 2.50 bits per heavy atom. The fourth-order valence-corrected chi connectivity index (χ4v) is 4.69. The van der Waals surface area contributed by atoms with Gasteiger partial charge < -0.3 is 10.2 Å². The lowest BCUT2D eigenvalue weighted by molar-refractivity contribution is 0.175. The van der Waals surface area contributed by atoms with Gasteiger partial charge in [-0.1, -0.05) is 48.9 Å². The van der Waals surface area contributed by atoms with Crippen molar-refractivity contribution in [1.82, 2.24) is 4.90 Å². The molecule has 30 heavy (non-hydrogen) atoms. The number of halogens is 1. The Balaban J connectivity index is 1.48. The minimum absolute atomic E-state index is 0.0637. The molecule has 2 aliphatic rings. The Labute approximate surface area is 186 Å². The van der Waals surface area contributed by atoms with E-state index in [9.17, 15) is 4.79 Å². The van der Waals surface area contributed by atoms with Crippen LogP contribution in [-0.4, -0.2) is 46.2 Å². The first-order valence-electron chi connectivity index (χ1n) is 10.2. The average molecular weight is 441 g/mol. The molecule has 4 rings (SSSR count). The van der Waals surface area contributed by atoms with Gasteiger partial charge in [0.1, 0.15) is 5.04 Å². The minimum atomic E-state index is -0.466. The Morgan fingerprint density at radius 1 is 1.13 bits per heavy atom. The quantitative estimate of drug-likeness (QED) is 0.672. The Kier molecular flexibility index (Phi) is 6.16. The van der Waals surface area contributed by atoms with Gasteiger partial charge in [0, 0.05) is 42.2 Å². The summed E-state index contributed by atoms with van der Waals surface area (Å²) < 4.78 is 0. The highest BCUT2D eigenvalue weighted by Crippen LogP contribution is 2.36. The predicted octanol–water partition coefficient (Wildman–Crippen LogP) is 5.63. The molecule has 2 aromatic carbocycles. The fourth-order valence-electron chi connectivity index (χ4n) is 3.75. The zero-order valence-corrected chi connectivity index (χ0v) is 18.8. The number of anilines is 1. The number of aliphatic imine (C=N–C) groups is 2. The number of hydrogen-bond acceptors (Lipinski definition) is 4. The molecule has 0 atom stereocenters. The monoisotopic (exact) mass is 440 g/mol. The number of amides is 2. The molecule has 0 radical (unpaired) electrons. The second-order valence-corrected chi connectivity index (χ2v) is 9.22. The number of urea groups is 1. The minimum Gasteiger partial charge on any atom is -0.324 e. The van der Waals surface area contributed by atoms with Crippen molar-refractivity contribution >= 4 is 45.8 Å². The van der Waals surface area contributed by atoms with Crippen LogP contribution in [-0.2, 0) is 0 Å². The molecule has 0 aliphatic carbocycles. The number of benzene rings is 2. The maximum atomic E-state index is 12.7. The number of carbonyl (C=O) groups excluding carboxylic acids is 1. The number of nitrogens with one attached hydrogen (secondary N) is 1. The summed E-state index contributed by atoms with van der Waals surface area (Å²) in [6, 6.07) is 15.5. The van der Waals surface area contributed by atoms with Crippen molar-refractivity contribution in [2.45, 2.75) is 32.4 Å². The zero-order chi connectivity index (χ0) is 21.1. The maximum Gasteiger partial charge on any atom is 0.321 e. The first kappa shape index (κ1) is 20.9. The molecule has 0 unspecified atom stereocenters. The molecule has 1 saturated heterocycles. The van der Waals surface area contributed by atoms with Gasteiger partial charge in [0.2, 0.25) is 0 Å². The molecule has 156 valence electrons. The molecule has 2 aliphatic heterocycles. The number of thioether (sulfide) groups is 1. The lowest BCUT2D eigenvalue weighted by Crippen LogP contribution is -2.46. The highest BCUT2D eigenvalue weighted by molar-refractivity contribution is 8.15. The molecule has 0 saturated carbocycles. The van der Waals surface area contributed by atoms with E-state index < -0.39 is 5.66 Å². The molecular weight excluding hydrogens is 416 g/mol. The number of carbonyl (C=O) groups is 1. The topological polar surface area (TPSA) is 57.1 Å². The molecule has 2 aromatic rings. The molecule has 7 heteroatoms. The van der Waals surface area contributed by atoms with Crippen LogP contribution in [0.1, 0.15) is 30.9 Å². The molecule has 5 nitrogen and oxygen atoms in total. The van der Waals surface area contributed by atoms with E-state index >= 15 is 0 Å². The van der Waals surface area contributed by atoms with Crippen molar-refractivity contribution < 1.29 is 4.79 Å². The number of piperidine rings is 1. The van der Waals surface area contributed by atoms with Gasteiger partial charge in [0.05, 0.1) is 5.71 Å². The molecule has 0 bridgehead atoms. The Morgan fingerprint density at radius 2 is 1.83 bits per heavy atom. The lowest BCUT2D eigenvalue weighted by atomic mass is 9.98. The van der Waals surface area contributed by atoms with Gasteiger partial charge >= 0.3 is 6.03 Å². The van der Waals surface area contributed by atoms with Crippen molar-refractivity contribution in [3.05, 3.63) is 64.7 Å². The van der Waals surface area contributed by atoms with E-state index in [-0.39, 0.29) is 6.03 Å². The van der Waals surface area contributed by atoms with E-state index in [1.807, 2.05) is 60.4 Å². The van der Waals surface area contributed by atoms with Gasteiger partial charge in [-0.3, -0.25) is 4.99 Å². The number of likely N-dealkylation sites (tertiary alicyclic amines) is 1. The van der Waals surface area contributed by atoms with Gasteiger partial charge in [-0.05, 0) is 36.4 Å². The van der Waals surface area contributed by atoms with Crippen molar-refractivity contribution in [2.24, 2.45) is 9.98 Å². The summed E-state index contributed by atoms with van der Waals surface area (Å²) in [5, 5.41) is 4.72. The normalized spacial score (nSPS) is 17.6. The van der Waals surface area contributed by atoms with Crippen LogP contribution in [0.3, 0.4) is 0 Å². The summed E-state index contributed by atoms with van der Waals surface area (Å²) in [5.74, 6) is 0.937. The molecule has 0 aromatic heterocycles. The second kappa shape index (κ2) is 8.82. The summed E-state index contributed by atoms with van der Waals surface area (Å²) in [4.78, 5) is 24.7. The third-order valence-corrected chi connectivity index (χ3v) is 6.57. The van der Waals surface area contributed by atoms with Gasteiger partial charge in [-0.2, -0.15) is 0 Å². The smallest absolute Gasteiger partial charge is 0.321 e. The van der Waals surface area contributed by atoms with Crippen molar-refractivity contribution in [3.63, 3.8) is 0 Å². The summed E-state index contributed by atoms with van der Waals surface area (Å²) in [5.41, 5.74) is 3.42. The van der Waals surface area contributed by atoms with Gasteiger partial charge in [0.15, 0.2) is 5.66 Å². The van der Waals surface area contributed by atoms with Crippen molar-refractivity contribution in [3.8, 4) is 0 Å². The van der Waals surface area contributed by atoms with Crippen molar-refractivity contribution in [1.29, 1.82) is 0 Å². The van der Waals surface area contributed by atoms with Crippen LogP contribution in [0.5, 0.6) is 0 Å². The van der Waals surface area contributed by atoms with Crippen LogP contribution in [0.2, 0.25) is 5.02 Å². The van der Waals surface area contributed by atoms with Crippen LogP contribution >= 0.6 is 23.4 Å². The van der Waals surface area contributed by atoms with Gasteiger partial charge in [-0.15, -0.1) is 11.8 Å². The van der Waals surface area contributed by atoms with Crippen LogP contribution in [0.4, 0.5) is 10.5 Å². The number of rotatable bonds is 3. The number of nitrogens with zero attached hydrogens (tertiary/aromatic N) is 3. The third kappa shape index (κ3) is 4.40. The Hall–Kier alpha value is -2.31. The van der Waals surface area contributed by atoms with Crippen LogP contribution in [0.25, 0.3) is 0 Å².